The van der Waals surface area contributed by atoms with Crippen molar-refractivity contribution in [3.8, 4) is 5.75 Å². The molecule has 0 aromatic heterocycles. The Balaban J connectivity index is 2.16. The van der Waals surface area contributed by atoms with E-state index in [2.05, 4.69) is 10.5 Å². The van der Waals surface area contributed by atoms with Crippen LogP contribution in [0.15, 0.2) is 41.5 Å². The van der Waals surface area contributed by atoms with Crippen LogP contribution in [0.4, 0.5) is 5.69 Å². The summed E-state index contributed by atoms with van der Waals surface area (Å²) in [6.07, 6.45) is 1.50. The van der Waals surface area contributed by atoms with Gasteiger partial charge in [0.1, 0.15) is 5.75 Å². The summed E-state index contributed by atoms with van der Waals surface area (Å²) in [6.45, 7) is 1.90. The van der Waals surface area contributed by atoms with Gasteiger partial charge in [-0.15, -0.1) is 0 Å². The smallest absolute Gasteiger partial charge is 0.124 e. The molecule has 3 nitrogen and oxygen atoms in total. The third kappa shape index (κ3) is 3.40. The Morgan fingerprint density at radius 1 is 1.21 bits per heavy atom. The van der Waals surface area contributed by atoms with Crippen molar-refractivity contribution in [3.63, 3.8) is 0 Å². The molecule has 98 valence electrons. The minimum absolute atomic E-state index is 0.123. The van der Waals surface area contributed by atoms with Crippen molar-refractivity contribution >= 4 is 35.1 Å². The molecular formula is C14H12Cl2N2O. The number of hydrazone groups is 1. The van der Waals surface area contributed by atoms with Gasteiger partial charge < -0.3 is 5.11 Å². The molecule has 0 saturated carbocycles. The van der Waals surface area contributed by atoms with E-state index in [1.807, 2.05) is 25.1 Å². The Morgan fingerprint density at radius 3 is 2.79 bits per heavy atom. The van der Waals surface area contributed by atoms with Crippen LogP contribution in [0.5, 0.6) is 5.75 Å². The zero-order valence-electron chi connectivity index (χ0n) is 10.2. The van der Waals surface area contributed by atoms with Gasteiger partial charge in [-0.3, -0.25) is 5.43 Å². The van der Waals surface area contributed by atoms with Crippen LogP contribution < -0.4 is 5.43 Å². The second-order valence-corrected chi connectivity index (χ2v) is 4.83. The summed E-state index contributed by atoms with van der Waals surface area (Å²) < 4.78 is 0. The molecule has 0 heterocycles. The van der Waals surface area contributed by atoms with Crippen molar-refractivity contribution in [1.82, 2.24) is 0 Å². The third-order valence-corrected chi connectivity index (χ3v) is 3.29. The Morgan fingerprint density at radius 2 is 2.00 bits per heavy atom. The zero-order valence-corrected chi connectivity index (χ0v) is 11.7. The second kappa shape index (κ2) is 5.95. The maximum absolute atomic E-state index is 9.63. The first-order valence-electron chi connectivity index (χ1n) is 5.60. The van der Waals surface area contributed by atoms with Gasteiger partial charge >= 0.3 is 0 Å². The molecule has 0 fully saturated rings. The van der Waals surface area contributed by atoms with E-state index in [9.17, 15) is 5.11 Å². The number of aromatic hydroxyl groups is 1. The van der Waals surface area contributed by atoms with Gasteiger partial charge in [0.05, 0.1) is 11.9 Å². The molecule has 2 N–H and O–H groups in total. The van der Waals surface area contributed by atoms with Gasteiger partial charge in [-0.25, -0.2) is 0 Å². The monoisotopic (exact) mass is 294 g/mol. The number of nitrogens with one attached hydrogen (secondary N) is 1. The molecule has 5 heteroatoms. The highest BCUT2D eigenvalue weighted by atomic mass is 35.5. The molecule has 0 saturated heterocycles. The summed E-state index contributed by atoms with van der Waals surface area (Å²) in [6, 6.07) is 10.3. The average Bonchev–Trinajstić information content (AvgIpc) is 2.38. The fraction of sp³-hybridized carbons (Fsp3) is 0.0714. The molecule has 0 aliphatic carbocycles. The predicted octanol–water partition coefficient (Wildman–Crippen LogP) is 4.45. The molecule has 0 atom stereocenters. The summed E-state index contributed by atoms with van der Waals surface area (Å²) in [5, 5.41) is 14.9. The average molecular weight is 295 g/mol. The number of phenolic OH excluding ortho intramolecular Hbond substituents is 1. The van der Waals surface area contributed by atoms with Gasteiger partial charge in [0.15, 0.2) is 0 Å². The number of anilines is 1. The van der Waals surface area contributed by atoms with Crippen molar-refractivity contribution in [1.29, 1.82) is 0 Å². The van der Waals surface area contributed by atoms with Gasteiger partial charge in [0, 0.05) is 15.6 Å². The van der Waals surface area contributed by atoms with E-state index in [1.54, 1.807) is 12.1 Å². The van der Waals surface area contributed by atoms with Crippen LogP contribution in [0.1, 0.15) is 11.1 Å². The second-order valence-electron chi connectivity index (χ2n) is 3.99. The molecule has 0 radical (unpaired) electrons. The predicted molar refractivity (Wildman–Crippen MR) is 80.5 cm³/mol. The van der Waals surface area contributed by atoms with Crippen molar-refractivity contribution in [2.75, 3.05) is 5.43 Å². The van der Waals surface area contributed by atoms with Gasteiger partial charge in [0.25, 0.3) is 0 Å². The highest BCUT2D eigenvalue weighted by Crippen LogP contribution is 2.23. The molecule has 0 aliphatic rings. The van der Waals surface area contributed by atoms with Crippen LogP contribution in [-0.2, 0) is 0 Å². The van der Waals surface area contributed by atoms with Gasteiger partial charge in [-0.2, -0.15) is 5.10 Å². The van der Waals surface area contributed by atoms with E-state index < -0.39 is 0 Å². The quantitative estimate of drug-likeness (QED) is 0.649. The molecule has 2 aromatic carbocycles. The molecule has 2 rings (SSSR count). The highest BCUT2D eigenvalue weighted by Gasteiger charge is 2.01. The summed E-state index contributed by atoms with van der Waals surface area (Å²) in [7, 11) is 0. The van der Waals surface area contributed by atoms with Crippen molar-refractivity contribution in [2.24, 2.45) is 5.10 Å². The van der Waals surface area contributed by atoms with Gasteiger partial charge in [-0.1, -0.05) is 29.3 Å². The normalized spacial score (nSPS) is 10.9. The lowest BCUT2D eigenvalue weighted by atomic mass is 10.2. The van der Waals surface area contributed by atoms with E-state index in [0.29, 0.717) is 15.6 Å². The first kappa shape index (κ1) is 13.7. The van der Waals surface area contributed by atoms with E-state index in [1.165, 1.54) is 12.3 Å². The van der Waals surface area contributed by atoms with Crippen LogP contribution in [0, 0.1) is 6.92 Å². The first-order valence-corrected chi connectivity index (χ1v) is 6.36. The summed E-state index contributed by atoms with van der Waals surface area (Å²) in [5.41, 5.74) is 5.15. The van der Waals surface area contributed by atoms with E-state index >= 15 is 0 Å². The molecule has 19 heavy (non-hydrogen) atoms. The molecule has 2 aromatic rings. The maximum atomic E-state index is 9.63. The molecule has 0 bridgehead atoms. The Hall–Kier alpha value is -1.71. The van der Waals surface area contributed by atoms with Crippen molar-refractivity contribution < 1.29 is 5.11 Å². The maximum Gasteiger partial charge on any atom is 0.124 e. The summed E-state index contributed by atoms with van der Waals surface area (Å²) in [5.74, 6) is 0.123. The van der Waals surface area contributed by atoms with Crippen molar-refractivity contribution in [3.05, 3.63) is 57.6 Å². The standard InChI is InChI=1S/C14H12Cl2N2O/c1-9-12(16)3-2-4-13(9)18-17-8-10-7-11(15)5-6-14(10)19/h2-8,18-19H,1H3. The molecular weight excluding hydrogens is 283 g/mol. The number of nitrogens with zero attached hydrogens (tertiary/aromatic N) is 1. The van der Waals surface area contributed by atoms with Crippen LogP contribution in [0.3, 0.4) is 0 Å². The third-order valence-electron chi connectivity index (χ3n) is 2.65. The number of benzene rings is 2. The van der Waals surface area contributed by atoms with Gasteiger partial charge in [-0.05, 0) is 42.8 Å². The molecule has 0 aliphatic heterocycles. The topological polar surface area (TPSA) is 44.6 Å². The summed E-state index contributed by atoms with van der Waals surface area (Å²) >= 11 is 11.9. The van der Waals surface area contributed by atoms with Crippen LogP contribution in [0.2, 0.25) is 10.0 Å². The minimum Gasteiger partial charge on any atom is -0.507 e. The zero-order chi connectivity index (χ0) is 13.8. The Bertz CT molecular complexity index is 627. The minimum atomic E-state index is 0.123. The number of rotatable bonds is 3. The summed E-state index contributed by atoms with van der Waals surface area (Å²) in [4.78, 5) is 0. The number of halogens is 2. The Labute approximate surface area is 121 Å². The lowest BCUT2D eigenvalue weighted by molar-refractivity contribution is 0.474. The fourth-order valence-corrected chi connectivity index (χ4v) is 1.88. The van der Waals surface area contributed by atoms with Crippen LogP contribution in [-0.4, -0.2) is 11.3 Å². The highest BCUT2D eigenvalue weighted by molar-refractivity contribution is 6.31. The van der Waals surface area contributed by atoms with Crippen LogP contribution >= 0.6 is 23.2 Å². The largest absolute Gasteiger partial charge is 0.507 e. The van der Waals surface area contributed by atoms with E-state index in [0.717, 1.165) is 11.3 Å². The molecule has 0 unspecified atom stereocenters. The fourth-order valence-electron chi connectivity index (χ4n) is 1.53. The lowest BCUT2D eigenvalue weighted by Crippen LogP contribution is -1.93. The molecule has 0 amide bonds. The van der Waals surface area contributed by atoms with E-state index in [4.69, 9.17) is 23.2 Å². The Kier molecular flexibility index (Phi) is 4.30. The number of phenols is 1. The first-order chi connectivity index (χ1) is 9.08. The number of hydrogen-bond donors (Lipinski definition) is 2. The number of hydrogen-bond acceptors (Lipinski definition) is 3. The van der Waals surface area contributed by atoms with Crippen molar-refractivity contribution in [2.45, 2.75) is 6.92 Å². The van der Waals surface area contributed by atoms with E-state index in [-0.39, 0.29) is 5.75 Å². The lowest BCUT2D eigenvalue weighted by Gasteiger charge is -2.06. The SMILES string of the molecule is Cc1c(Cl)cccc1NN=Cc1cc(Cl)ccc1O. The molecule has 0 spiro atoms. The van der Waals surface area contributed by atoms with Crippen LogP contribution in [0.25, 0.3) is 0 Å². The van der Waals surface area contributed by atoms with Gasteiger partial charge in [0.2, 0.25) is 0 Å².